The lowest BCUT2D eigenvalue weighted by Crippen LogP contribution is -2.30. The molecule has 0 aliphatic heterocycles. The molecule has 1 fully saturated rings. The van der Waals surface area contributed by atoms with Gasteiger partial charge in [-0.15, -0.1) is 0 Å². The van der Waals surface area contributed by atoms with Crippen LogP contribution in [0.15, 0.2) is 24.3 Å². The van der Waals surface area contributed by atoms with Crippen LogP contribution in [0.1, 0.15) is 38.2 Å². The van der Waals surface area contributed by atoms with Crippen molar-refractivity contribution in [2.24, 2.45) is 0 Å². The third-order valence-electron chi connectivity index (χ3n) is 3.17. The van der Waals surface area contributed by atoms with Crippen molar-refractivity contribution in [3.8, 4) is 6.07 Å². The first-order valence-corrected chi connectivity index (χ1v) is 5.50. The molecule has 0 saturated heterocycles. The summed E-state index contributed by atoms with van der Waals surface area (Å²) in [5, 5.41) is 12.3. The van der Waals surface area contributed by atoms with Gasteiger partial charge >= 0.3 is 0 Å². The van der Waals surface area contributed by atoms with Crippen molar-refractivity contribution < 1.29 is 0 Å². The van der Waals surface area contributed by atoms with E-state index in [1.165, 1.54) is 25.7 Å². The molecule has 0 bridgehead atoms. The summed E-state index contributed by atoms with van der Waals surface area (Å²) in [7, 11) is 0. The van der Waals surface area contributed by atoms with Crippen molar-refractivity contribution >= 4 is 5.69 Å². The van der Waals surface area contributed by atoms with Gasteiger partial charge in [0.2, 0.25) is 0 Å². The first kappa shape index (κ1) is 10.0. The molecular formula is C13H16N2. The highest BCUT2D eigenvalue weighted by molar-refractivity contribution is 5.49. The van der Waals surface area contributed by atoms with Gasteiger partial charge in [-0.3, -0.25) is 0 Å². The number of anilines is 1. The summed E-state index contributed by atoms with van der Waals surface area (Å²) in [5.41, 5.74) is 2.10. The Hall–Kier alpha value is -1.49. The highest BCUT2D eigenvalue weighted by Gasteiger charge is 2.27. The Balaban J connectivity index is 2.08. The normalized spacial score (nSPS) is 18.4. The van der Waals surface area contributed by atoms with Crippen molar-refractivity contribution in [2.45, 2.75) is 38.1 Å². The maximum absolute atomic E-state index is 8.69. The van der Waals surface area contributed by atoms with E-state index in [-0.39, 0.29) is 5.54 Å². The molecule has 0 aromatic heterocycles. The van der Waals surface area contributed by atoms with E-state index in [0.29, 0.717) is 0 Å². The predicted molar refractivity (Wildman–Crippen MR) is 61.7 cm³/mol. The number of benzene rings is 1. The molecule has 0 amide bonds. The van der Waals surface area contributed by atoms with Crippen LogP contribution in [-0.4, -0.2) is 5.54 Å². The topological polar surface area (TPSA) is 35.8 Å². The van der Waals surface area contributed by atoms with E-state index in [4.69, 9.17) is 5.26 Å². The third kappa shape index (κ3) is 2.30. The molecule has 2 heteroatoms. The van der Waals surface area contributed by atoms with Crippen LogP contribution in [0.3, 0.4) is 0 Å². The van der Waals surface area contributed by atoms with Crippen molar-refractivity contribution in [3.05, 3.63) is 29.8 Å². The van der Waals surface area contributed by atoms with Gasteiger partial charge in [-0.1, -0.05) is 12.8 Å². The number of nitrogens with one attached hydrogen (secondary N) is 1. The van der Waals surface area contributed by atoms with Crippen LogP contribution in [0.25, 0.3) is 0 Å². The Kier molecular flexibility index (Phi) is 2.64. The third-order valence-corrected chi connectivity index (χ3v) is 3.17. The molecule has 0 radical (unpaired) electrons. The largest absolute Gasteiger partial charge is 0.380 e. The molecule has 0 unspecified atom stereocenters. The first-order chi connectivity index (χ1) is 7.22. The summed E-state index contributed by atoms with van der Waals surface area (Å²) in [6.45, 7) is 2.28. The van der Waals surface area contributed by atoms with E-state index in [2.05, 4.69) is 18.3 Å². The van der Waals surface area contributed by atoms with Crippen LogP contribution >= 0.6 is 0 Å². The van der Waals surface area contributed by atoms with Crippen LogP contribution < -0.4 is 5.32 Å². The molecule has 1 saturated carbocycles. The second kappa shape index (κ2) is 3.94. The van der Waals surface area contributed by atoms with Gasteiger partial charge in [-0.05, 0) is 44.0 Å². The molecule has 1 aliphatic rings. The fraction of sp³-hybridized carbons (Fsp3) is 0.462. The molecule has 1 aromatic carbocycles. The second-order valence-electron chi connectivity index (χ2n) is 4.58. The lowest BCUT2D eigenvalue weighted by Gasteiger charge is -2.26. The van der Waals surface area contributed by atoms with Crippen molar-refractivity contribution in [1.82, 2.24) is 0 Å². The molecule has 1 aliphatic carbocycles. The minimum absolute atomic E-state index is 0.258. The number of nitriles is 1. The zero-order valence-corrected chi connectivity index (χ0v) is 9.09. The molecular weight excluding hydrogens is 184 g/mol. The first-order valence-electron chi connectivity index (χ1n) is 5.50. The zero-order chi connectivity index (χ0) is 10.7. The van der Waals surface area contributed by atoms with Crippen LogP contribution in [0.2, 0.25) is 0 Å². The number of rotatable bonds is 2. The average Bonchev–Trinajstić information content (AvgIpc) is 2.66. The monoisotopic (exact) mass is 200 g/mol. The summed E-state index contributed by atoms with van der Waals surface area (Å²) >= 11 is 0. The van der Waals surface area contributed by atoms with Crippen LogP contribution in [0.4, 0.5) is 5.69 Å². The van der Waals surface area contributed by atoms with Gasteiger partial charge in [0.05, 0.1) is 11.6 Å². The SMILES string of the molecule is CC1(Nc2ccc(C#N)cc2)CCCC1. The summed E-state index contributed by atoms with van der Waals surface area (Å²) in [6.07, 6.45) is 5.12. The van der Waals surface area contributed by atoms with Crippen LogP contribution in [0, 0.1) is 11.3 Å². The molecule has 2 rings (SSSR count). The van der Waals surface area contributed by atoms with E-state index in [1.807, 2.05) is 24.3 Å². The highest BCUT2D eigenvalue weighted by atomic mass is 15.0. The quantitative estimate of drug-likeness (QED) is 0.795. The molecule has 0 spiro atoms. The Morgan fingerprint density at radius 1 is 1.20 bits per heavy atom. The molecule has 0 heterocycles. The van der Waals surface area contributed by atoms with Gasteiger partial charge < -0.3 is 5.32 Å². The smallest absolute Gasteiger partial charge is 0.0991 e. The summed E-state index contributed by atoms with van der Waals surface area (Å²) in [5.74, 6) is 0. The van der Waals surface area contributed by atoms with Crippen molar-refractivity contribution in [2.75, 3.05) is 5.32 Å². The van der Waals surface area contributed by atoms with Gasteiger partial charge in [0.25, 0.3) is 0 Å². The van der Waals surface area contributed by atoms with E-state index in [9.17, 15) is 0 Å². The average molecular weight is 200 g/mol. The number of hydrogen-bond acceptors (Lipinski definition) is 2. The Bertz CT molecular complexity index is 367. The minimum atomic E-state index is 0.258. The van der Waals surface area contributed by atoms with Gasteiger partial charge in [0, 0.05) is 11.2 Å². The van der Waals surface area contributed by atoms with Gasteiger partial charge in [-0.2, -0.15) is 5.26 Å². The van der Waals surface area contributed by atoms with Gasteiger partial charge in [0.15, 0.2) is 0 Å². The predicted octanol–water partition coefficient (Wildman–Crippen LogP) is 3.30. The van der Waals surface area contributed by atoms with E-state index in [1.54, 1.807) is 0 Å². The molecule has 15 heavy (non-hydrogen) atoms. The molecule has 2 nitrogen and oxygen atoms in total. The van der Waals surface area contributed by atoms with Crippen molar-refractivity contribution in [1.29, 1.82) is 5.26 Å². The van der Waals surface area contributed by atoms with E-state index < -0.39 is 0 Å². The van der Waals surface area contributed by atoms with E-state index in [0.717, 1.165) is 11.3 Å². The molecule has 0 atom stereocenters. The molecule has 78 valence electrons. The maximum atomic E-state index is 8.69. The number of hydrogen-bond donors (Lipinski definition) is 1. The highest BCUT2D eigenvalue weighted by Crippen LogP contribution is 2.32. The summed E-state index contributed by atoms with van der Waals surface area (Å²) in [6, 6.07) is 9.83. The summed E-state index contributed by atoms with van der Waals surface area (Å²) < 4.78 is 0. The molecule has 1 N–H and O–H groups in total. The zero-order valence-electron chi connectivity index (χ0n) is 9.09. The van der Waals surface area contributed by atoms with E-state index >= 15 is 0 Å². The standard InChI is InChI=1S/C13H16N2/c1-13(8-2-3-9-13)15-12-6-4-11(10-14)5-7-12/h4-7,15H,2-3,8-9H2,1H3. The Morgan fingerprint density at radius 3 is 2.33 bits per heavy atom. The van der Waals surface area contributed by atoms with Crippen molar-refractivity contribution in [3.63, 3.8) is 0 Å². The van der Waals surface area contributed by atoms with Crippen LogP contribution in [0.5, 0.6) is 0 Å². The summed E-state index contributed by atoms with van der Waals surface area (Å²) in [4.78, 5) is 0. The lowest BCUT2D eigenvalue weighted by atomic mass is 10.00. The lowest BCUT2D eigenvalue weighted by molar-refractivity contribution is 0.533. The Labute approximate surface area is 90.9 Å². The fourth-order valence-corrected chi connectivity index (χ4v) is 2.26. The van der Waals surface area contributed by atoms with Gasteiger partial charge in [-0.25, -0.2) is 0 Å². The second-order valence-corrected chi connectivity index (χ2v) is 4.58. The minimum Gasteiger partial charge on any atom is -0.380 e. The molecule has 1 aromatic rings. The number of nitrogens with zero attached hydrogens (tertiary/aromatic N) is 1. The maximum Gasteiger partial charge on any atom is 0.0991 e. The van der Waals surface area contributed by atoms with Gasteiger partial charge in [0.1, 0.15) is 0 Å². The van der Waals surface area contributed by atoms with Crippen LogP contribution in [-0.2, 0) is 0 Å². The fourth-order valence-electron chi connectivity index (χ4n) is 2.26. The Morgan fingerprint density at radius 2 is 1.80 bits per heavy atom.